The second-order valence-corrected chi connectivity index (χ2v) is 6.63. The van der Waals surface area contributed by atoms with Crippen molar-refractivity contribution >= 4 is 28.5 Å². The van der Waals surface area contributed by atoms with Crippen LogP contribution in [0.4, 0.5) is 0 Å². The van der Waals surface area contributed by atoms with Crippen LogP contribution in [0.3, 0.4) is 0 Å². The fraction of sp³-hybridized carbons (Fsp3) is 0.286. The summed E-state index contributed by atoms with van der Waals surface area (Å²) in [5.74, 6) is -0.590. The lowest BCUT2D eigenvalue weighted by atomic mass is 9.83. The Labute approximate surface area is 173 Å². The Balaban J connectivity index is 2.20. The van der Waals surface area contributed by atoms with Gasteiger partial charge in [-0.3, -0.25) is 0 Å². The van der Waals surface area contributed by atoms with Crippen LogP contribution in [-0.4, -0.2) is 24.2 Å². The maximum atomic E-state index is 12.6. The fourth-order valence-electron chi connectivity index (χ4n) is 3.26. The largest absolute Gasteiger partial charge is 0.494 e. The number of ether oxygens (including phenoxy) is 3. The van der Waals surface area contributed by atoms with Crippen LogP contribution in [-0.2, 0) is 14.3 Å². The summed E-state index contributed by atoms with van der Waals surface area (Å²) < 4.78 is 16.1. The molecular formula is C21H20ClN3O4. The maximum absolute atomic E-state index is 12.6. The fourth-order valence-corrected chi connectivity index (χ4v) is 3.52. The molecule has 1 aliphatic rings. The van der Waals surface area contributed by atoms with E-state index < -0.39 is 11.9 Å². The van der Waals surface area contributed by atoms with Crippen molar-refractivity contribution < 1.29 is 19.0 Å². The number of nitriles is 1. The van der Waals surface area contributed by atoms with Crippen molar-refractivity contribution in [3.63, 3.8) is 0 Å². The first-order valence-corrected chi connectivity index (χ1v) is 9.47. The van der Waals surface area contributed by atoms with E-state index in [2.05, 4.69) is 4.98 Å². The Bertz CT molecular complexity index is 1090. The number of carbonyl (C=O) groups is 1. The SMILES string of the molecule is CCOC(=O)C1=C(C)OC(N)=C(C#N)[C@H]1c1cc2ccc(OCC)cc2nc1Cl. The van der Waals surface area contributed by atoms with Crippen molar-refractivity contribution in [3.8, 4) is 11.8 Å². The molecule has 8 heteroatoms. The molecule has 0 amide bonds. The summed E-state index contributed by atoms with van der Waals surface area (Å²) in [4.78, 5) is 17.1. The van der Waals surface area contributed by atoms with E-state index in [1.54, 1.807) is 26.0 Å². The highest BCUT2D eigenvalue weighted by Gasteiger charge is 2.37. The normalized spacial score (nSPS) is 16.4. The highest BCUT2D eigenvalue weighted by atomic mass is 35.5. The van der Waals surface area contributed by atoms with E-state index in [9.17, 15) is 10.1 Å². The van der Waals surface area contributed by atoms with Crippen molar-refractivity contribution in [2.24, 2.45) is 5.73 Å². The zero-order valence-electron chi connectivity index (χ0n) is 16.3. The smallest absolute Gasteiger partial charge is 0.338 e. The Morgan fingerprint density at radius 2 is 2.10 bits per heavy atom. The Kier molecular flexibility index (Phi) is 5.95. The van der Waals surface area contributed by atoms with Crippen LogP contribution in [0, 0.1) is 11.3 Å². The number of aromatic nitrogens is 1. The molecule has 2 N–H and O–H groups in total. The van der Waals surface area contributed by atoms with Crippen LogP contribution in [0.15, 0.2) is 47.1 Å². The minimum absolute atomic E-state index is 0.0765. The molecule has 150 valence electrons. The zero-order valence-corrected chi connectivity index (χ0v) is 17.0. The first kappa shape index (κ1) is 20.5. The van der Waals surface area contributed by atoms with Gasteiger partial charge < -0.3 is 19.9 Å². The van der Waals surface area contributed by atoms with Gasteiger partial charge in [-0.05, 0) is 39.0 Å². The van der Waals surface area contributed by atoms with E-state index in [-0.39, 0.29) is 34.5 Å². The molecule has 0 radical (unpaired) electrons. The van der Waals surface area contributed by atoms with Gasteiger partial charge in [-0.1, -0.05) is 11.6 Å². The van der Waals surface area contributed by atoms with E-state index in [1.807, 2.05) is 25.1 Å². The number of allylic oxidation sites excluding steroid dienone is 2. The van der Waals surface area contributed by atoms with Gasteiger partial charge in [-0.25, -0.2) is 9.78 Å². The van der Waals surface area contributed by atoms with Crippen molar-refractivity contribution in [2.45, 2.75) is 26.7 Å². The standard InChI is InChI=1S/C21H20ClN3O4/c1-4-27-13-7-6-12-8-14(19(22)25-16(12)9-13)18-15(10-23)20(24)29-11(3)17(18)21(26)28-5-2/h6-9,18H,4-5,24H2,1-3H3/t18-/m1/s1. The van der Waals surface area contributed by atoms with Crippen LogP contribution < -0.4 is 10.5 Å². The van der Waals surface area contributed by atoms with Crippen LogP contribution in [0.1, 0.15) is 32.3 Å². The third-order valence-electron chi connectivity index (χ3n) is 4.49. The summed E-state index contributed by atoms with van der Waals surface area (Å²) >= 11 is 6.49. The number of halogens is 1. The van der Waals surface area contributed by atoms with Gasteiger partial charge in [0.05, 0.1) is 30.2 Å². The molecule has 7 nitrogen and oxygen atoms in total. The van der Waals surface area contributed by atoms with E-state index in [1.165, 1.54) is 0 Å². The average molecular weight is 414 g/mol. The molecule has 0 fully saturated rings. The van der Waals surface area contributed by atoms with Crippen molar-refractivity contribution in [2.75, 3.05) is 13.2 Å². The Hall–Kier alpha value is -3.24. The van der Waals surface area contributed by atoms with Crippen LogP contribution in [0.5, 0.6) is 5.75 Å². The lowest BCUT2D eigenvalue weighted by Crippen LogP contribution is -2.25. The average Bonchev–Trinajstić information content (AvgIpc) is 2.67. The lowest BCUT2D eigenvalue weighted by Gasteiger charge is -2.27. The summed E-state index contributed by atoms with van der Waals surface area (Å²) in [7, 11) is 0. The monoisotopic (exact) mass is 413 g/mol. The Morgan fingerprint density at radius 1 is 1.34 bits per heavy atom. The first-order valence-electron chi connectivity index (χ1n) is 9.09. The van der Waals surface area contributed by atoms with Gasteiger partial charge in [0, 0.05) is 17.0 Å². The summed E-state index contributed by atoms with van der Waals surface area (Å²) in [5.41, 5.74) is 7.27. The van der Waals surface area contributed by atoms with Crippen LogP contribution >= 0.6 is 11.6 Å². The molecular weight excluding hydrogens is 394 g/mol. The number of pyridine rings is 1. The number of hydrogen-bond donors (Lipinski definition) is 1. The summed E-state index contributed by atoms with van der Waals surface area (Å²) in [6, 6.07) is 9.25. The highest BCUT2D eigenvalue weighted by Crippen LogP contribution is 2.42. The second-order valence-electron chi connectivity index (χ2n) is 6.27. The summed E-state index contributed by atoms with van der Waals surface area (Å²) in [5, 5.41) is 10.6. The number of rotatable bonds is 5. The van der Waals surface area contributed by atoms with Gasteiger partial charge in [0.2, 0.25) is 5.88 Å². The van der Waals surface area contributed by atoms with E-state index >= 15 is 0 Å². The predicted octanol–water partition coefficient (Wildman–Crippen LogP) is 3.93. The topological polar surface area (TPSA) is 107 Å². The van der Waals surface area contributed by atoms with Gasteiger partial charge in [0.25, 0.3) is 0 Å². The molecule has 0 bridgehead atoms. The van der Waals surface area contributed by atoms with Gasteiger partial charge in [0.15, 0.2) is 0 Å². The molecule has 1 aromatic heterocycles. The Morgan fingerprint density at radius 3 is 2.76 bits per heavy atom. The van der Waals surface area contributed by atoms with E-state index in [4.69, 9.17) is 31.5 Å². The molecule has 1 atom stereocenters. The molecule has 0 aliphatic carbocycles. The van der Waals surface area contributed by atoms with Crippen LogP contribution in [0.2, 0.25) is 5.15 Å². The van der Waals surface area contributed by atoms with Gasteiger partial charge in [-0.15, -0.1) is 0 Å². The molecule has 2 heterocycles. The highest BCUT2D eigenvalue weighted by molar-refractivity contribution is 6.30. The minimum Gasteiger partial charge on any atom is -0.494 e. The zero-order chi connectivity index (χ0) is 21.1. The lowest BCUT2D eigenvalue weighted by molar-refractivity contribution is -0.139. The van der Waals surface area contributed by atoms with Gasteiger partial charge >= 0.3 is 5.97 Å². The molecule has 3 rings (SSSR count). The number of carbonyl (C=O) groups excluding carboxylic acids is 1. The van der Waals surface area contributed by atoms with Gasteiger partial charge in [-0.2, -0.15) is 5.26 Å². The van der Waals surface area contributed by atoms with E-state index in [0.29, 0.717) is 23.4 Å². The maximum Gasteiger partial charge on any atom is 0.338 e. The van der Waals surface area contributed by atoms with E-state index in [0.717, 1.165) is 5.39 Å². The number of fused-ring (bicyclic) bond motifs is 1. The predicted molar refractivity (Wildman–Crippen MR) is 108 cm³/mol. The van der Waals surface area contributed by atoms with Crippen LogP contribution in [0.25, 0.3) is 10.9 Å². The minimum atomic E-state index is -0.844. The number of nitrogens with two attached hydrogens (primary N) is 1. The number of esters is 1. The number of benzene rings is 1. The third kappa shape index (κ3) is 3.84. The second kappa shape index (κ2) is 8.41. The summed E-state index contributed by atoms with van der Waals surface area (Å²) in [6.45, 7) is 5.89. The quantitative estimate of drug-likeness (QED) is 0.584. The number of hydrogen-bond acceptors (Lipinski definition) is 7. The molecule has 1 aliphatic heterocycles. The molecule has 0 spiro atoms. The molecule has 29 heavy (non-hydrogen) atoms. The van der Waals surface area contributed by atoms with Crippen molar-refractivity contribution in [3.05, 3.63) is 57.8 Å². The first-order chi connectivity index (χ1) is 13.9. The molecule has 0 saturated heterocycles. The van der Waals surface area contributed by atoms with Crippen molar-refractivity contribution in [1.29, 1.82) is 5.26 Å². The van der Waals surface area contributed by atoms with Gasteiger partial charge in [0.1, 0.15) is 28.3 Å². The third-order valence-corrected chi connectivity index (χ3v) is 4.80. The molecule has 1 aromatic carbocycles. The van der Waals surface area contributed by atoms with Crippen molar-refractivity contribution in [1.82, 2.24) is 4.98 Å². The number of nitrogens with zero attached hydrogens (tertiary/aromatic N) is 2. The molecule has 0 saturated carbocycles. The molecule has 0 unspecified atom stereocenters. The molecule has 2 aromatic rings. The summed E-state index contributed by atoms with van der Waals surface area (Å²) in [6.07, 6.45) is 0.